The third kappa shape index (κ3) is 7.34. The molecule has 0 aliphatic heterocycles. The Hall–Kier alpha value is -2.43. The molecule has 0 saturated heterocycles. The Morgan fingerprint density at radius 1 is 0.968 bits per heavy atom. The molecule has 0 saturated carbocycles. The average Bonchev–Trinajstić information content (AvgIpc) is 2.74. The van der Waals surface area contributed by atoms with E-state index >= 15 is 0 Å². The standard InChI is InChI=1S/C26H40N2O3/c1-5-7-9-11-16-28-23-19-21(27)13-14-22(23)24(31-18-15-20(3)4)25(26(28)29)30-17-12-10-8-6-2/h13-15,19H,5-12,16-18,27H2,1-4H3. The zero-order valence-corrected chi connectivity index (χ0v) is 19.8. The molecule has 1 aromatic heterocycles. The molecule has 2 rings (SSSR count). The Morgan fingerprint density at radius 3 is 2.35 bits per heavy atom. The number of aromatic nitrogens is 1. The lowest BCUT2D eigenvalue weighted by Gasteiger charge is -2.19. The number of fused-ring (bicyclic) bond motifs is 1. The largest absolute Gasteiger partial charge is 0.485 e. The van der Waals surface area contributed by atoms with Crippen LogP contribution in [-0.2, 0) is 6.54 Å². The summed E-state index contributed by atoms with van der Waals surface area (Å²) in [7, 11) is 0. The van der Waals surface area contributed by atoms with Crippen LogP contribution in [0, 0.1) is 0 Å². The number of hydrogen-bond donors (Lipinski definition) is 1. The molecule has 0 fully saturated rings. The van der Waals surface area contributed by atoms with Crippen molar-refractivity contribution in [1.82, 2.24) is 4.57 Å². The smallest absolute Gasteiger partial charge is 0.297 e. The number of nitrogen functional groups attached to an aromatic ring is 1. The van der Waals surface area contributed by atoms with Crippen molar-refractivity contribution in [2.75, 3.05) is 18.9 Å². The summed E-state index contributed by atoms with van der Waals surface area (Å²) in [4.78, 5) is 13.5. The van der Waals surface area contributed by atoms with Crippen LogP contribution in [0.5, 0.6) is 11.5 Å². The van der Waals surface area contributed by atoms with Gasteiger partial charge in [0, 0.05) is 17.6 Å². The van der Waals surface area contributed by atoms with Gasteiger partial charge in [0.1, 0.15) is 6.61 Å². The third-order valence-electron chi connectivity index (χ3n) is 5.40. The lowest BCUT2D eigenvalue weighted by Crippen LogP contribution is -2.24. The number of benzene rings is 1. The molecule has 0 spiro atoms. The molecule has 0 unspecified atom stereocenters. The van der Waals surface area contributed by atoms with Gasteiger partial charge in [0.05, 0.1) is 12.1 Å². The second-order valence-electron chi connectivity index (χ2n) is 8.45. The highest BCUT2D eigenvalue weighted by Crippen LogP contribution is 2.34. The first-order valence-corrected chi connectivity index (χ1v) is 11.8. The van der Waals surface area contributed by atoms with Gasteiger partial charge in [-0.05, 0) is 51.0 Å². The Labute approximate surface area is 187 Å². The zero-order chi connectivity index (χ0) is 22.6. The predicted octanol–water partition coefficient (Wildman–Crippen LogP) is 6.47. The van der Waals surface area contributed by atoms with Crippen LogP contribution < -0.4 is 20.8 Å². The number of anilines is 1. The number of nitrogens with zero attached hydrogens (tertiary/aromatic N) is 1. The van der Waals surface area contributed by atoms with Crippen LogP contribution in [0.25, 0.3) is 10.9 Å². The highest BCUT2D eigenvalue weighted by Gasteiger charge is 2.20. The van der Waals surface area contributed by atoms with Crippen LogP contribution in [0.4, 0.5) is 5.69 Å². The quantitative estimate of drug-likeness (QED) is 0.213. The molecule has 0 bridgehead atoms. The zero-order valence-electron chi connectivity index (χ0n) is 19.8. The van der Waals surface area contributed by atoms with Gasteiger partial charge in [-0.3, -0.25) is 4.79 Å². The van der Waals surface area contributed by atoms with E-state index in [1.165, 1.54) is 24.8 Å². The number of ether oxygens (including phenoxy) is 2. The fourth-order valence-corrected chi connectivity index (χ4v) is 3.60. The van der Waals surface area contributed by atoms with Gasteiger partial charge >= 0.3 is 0 Å². The van der Waals surface area contributed by atoms with Crippen LogP contribution in [0.2, 0.25) is 0 Å². The minimum Gasteiger partial charge on any atom is -0.485 e. The van der Waals surface area contributed by atoms with Crippen LogP contribution in [0.1, 0.15) is 79.1 Å². The fraction of sp³-hybridized carbons (Fsp3) is 0.577. The molecule has 0 aliphatic rings. The second-order valence-corrected chi connectivity index (χ2v) is 8.45. The SMILES string of the molecule is CCCCCCOc1c(OCC=C(C)C)c2ccc(N)cc2n(CCCCCC)c1=O. The molecule has 2 aromatic rings. The highest BCUT2D eigenvalue weighted by molar-refractivity contribution is 5.90. The lowest BCUT2D eigenvalue weighted by molar-refractivity contribution is 0.272. The molecule has 31 heavy (non-hydrogen) atoms. The van der Waals surface area contributed by atoms with Gasteiger partial charge < -0.3 is 19.8 Å². The summed E-state index contributed by atoms with van der Waals surface area (Å²) >= 11 is 0. The summed E-state index contributed by atoms with van der Waals surface area (Å²) in [5, 5.41) is 0.870. The molecule has 1 aromatic carbocycles. The molecule has 0 aliphatic carbocycles. The van der Waals surface area contributed by atoms with Gasteiger partial charge in [0.15, 0.2) is 5.75 Å². The second kappa shape index (κ2) is 13.1. The van der Waals surface area contributed by atoms with Gasteiger partial charge in [0.25, 0.3) is 5.56 Å². The van der Waals surface area contributed by atoms with Gasteiger partial charge in [0.2, 0.25) is 5.75 Å². The van der Waals surface area contributed by atoms with Crippen molar-refractivity contribution < 1.29 is 9.47 Å². The maximum atomic E-state index is 13.5. The lowest BCUT2D eigenvalue weighted by atomic mass is 10.1. The first-order chi connectivity index (χ1) is 15.0. The monoisotopic (exact) mass is 428 g/mol. The number of rotatable bonds is 14. The first-order valence-electron chi connectivity index (χ1n) is 11.8. The molecule has 5 heteroatoms. The number of nitrogens with two attached hydrogens (primary N) is 1. The Morgan fingerprint density at radius 2 is 1.68 bits per heavy atom. The molecule has 172 valence electrons. The number of aryl methyl sites for hydroxylation is 1. The predicted molar refractivity (Wildman–Crippen MR) is 131 cm³/mol. The van der Waals surface area contributed by atoms with E-state index in [2.05, 4.69) is 13.8 Å². The molecule has 0 atom stereocenters. The Kier molecular flexibility index (Phi) is 10.5. The molecule has 1 heterocycles. The van der Waals surface area contributed by atoms with Gasteiger partial charge in [-0.15, -0.1) is 0 Å². The normalized spacial score (nSPS) is 11.0. The molecule has 5 nitrogen and oxygen atoms in total. The number of unbranched alkanes of at least 4 members (excludes halogenated alkanes) is 6. The van der Waals surface area contributed by atoms with Crippen molar-refractivity contribution in [3.8, 4) is 11.5 Å². The van der Waals surface area contributed by atoms with Crippen LogP contribution in [0.15, 0.2) is 34.6 Å². The van der Waals surface area contributed by atoms with Crippen molar-refractivity contribution in [3.63, 3.8) is 0 Å². The molecule has 0 amide bonds. The fourth-order valence-electron chi connectivity index (χ4n) is 3.60. The number of allylic oxidation sites excluding steroid dienone is 1. The number of pyridine rings is 1. The maximum absolute atomic E-state index is 13.5. The van der Waals surface area contributed by atoms with E-state index in [9.17, 15) is 4.79 Å². The minimum atomic E-state index is -0.128. The van der Waals surface area contributed by atoms with Gasteiger partial charge in [-0.1, -0.05) is 57.9 Å². The summed E-state index contributed by atoms with van der Waals surface area (Å²) in [6.45, 7) is 9.99. The van der Waals surface area contributed by atoms with Crippen molar-refractivity contribution >= 4 is 16.6 Å². The maximum Gasteiger partial charge on any atom is 0.297 e. The third-order valence-corrected chi connectivity index (χ3v) is 5.40. The van der Waals surface area contributed by atoms with E-state index in [0.29, 0.717) is 36.9 Å². The summed E-state index contributed by atoms with van der Waals surface area (Å²) < 4.78 is 14.0. The van der Waals surface area contributed by atoms with Crippen LogP contribution in [0.3, 0.4) is 0 Å². The van der Waals surface area contributed by atoms with E-state index in [1.54, 1.807) is 0 Å². The first kappa shape index (κ1) is 24.8. The topological polar surface area (TPSA) is 66.5 Å². The molecule has 2 N–H and O–H groups in total. The van der Waals surface area contributed by atoms with E-state index in [4.69, 9.17) is 15.2 Å². The Balaban J connectivity index is 2.47. The van der Waals surface area contributed by atoms with Crippen molar-refractivity contribution in [2.45, 2.75) is 85.6 Å². The van der Waals surface area contributed by atoms with Crippen LogP contribution in [-0.4, -0.2) is 17.8 Å². The number of hydrogen-bond acceptors (Lipinski definition) is 4. The van der Waals surface area contributed by atoms with E-state index < -0.39 is 0 Å². The van der Waals surface area contributed by atoms with Crippen molar-refractivity contribution in [1.29, 1.82) is 0 Å². The molecular formula is C26H40N2O3. The van der Waals surface area contributed by atoms with E-state index in [-0.39, 0.29) is 5.56 Å². The summed E-state index contributed by atoms with van der Waals surface area (Å²) in [6.07, 6.45) is 10.7. The van der Waals surface area contributed by atoms with E-state index in [1.807, 2.05) is 42.7 Å². The molecular weight excluding hydrogens is 388 g/mol. The average molecular weight is 429 g/mol. The van der Waals surface area contributed by atoms with Crippen molar-refractivity contribution in [2.24, 2.45) is 0 Å². The summed E-state index contributed by atoms with van der Waals surface area (Å²) in [6, 6.07) is 5.66. The molecule has 0 radical (unpaired) electrons. The van der Waals surface area contributed by atoms with Gasteiger partial charge in [-0.2, -0.15) is 0 Å². The Bertz CT molecular complexity index is 911. The van der Waals surface area contributed by atoms with E-state index in [0.717, 1.165) is 43.0 Å². The summed E-state index contributed by atoms with van der Waals surface area (Å²) in [5.74, 6) is 0.851. The van der Waals surface area contributed by atoms with Gasteiger partial charge in [-0.25, -0.2) is 0 Å². The highest BCUT2D eigenvalue weighted by atomic mass is 16.5. The summed E-state index contributed by atoms with van der Waals surface area (Å²) in [5.41, 5.74) is 8.56. The minimum absolute atomic E-state index is 0.128. The van der Waals surface area contributed by atoms with Crippen LogP contribution >= 0.6 is 0 Å². The van der Waals surface area contributed by atoms with Crippen molar-refractivity contribution in [3.05, 3.63) is 40.2 Å².